The molecule has 24 heavy (non-hydrogen) atoms. The molecule has 0 bridgehead atoms. The van der Waals surface area contributed by atoms with Crippen LogP contribution >= 0.6 is 0 Å². The summed E-state index contributed by atoms with van der Waals surface area (Å²) in [5.74, 6) is -0.814. The Bertz CT molecular complexity index is 677. The maximum Gasteiger partial charge on any atom is 0.265 e. The van der Waals surface area contributed by atoms with Crippen molar-refractivity contribution in [1.82, 2.24) is 15.2 Å². The van der Waals surface area contributed by atoms with Gasteiger partial charge in [0.2, 0.25) is 0 Å². The van der Waals surface area contributed by atoms with Crippen LogP contribution in [0.25, 0.3) is 0 Å². The Labute approximate surface area is 142 Å². The number of primary amides is 1. The number of carbonyl (C=O) groups excluding carboxylic acids is 2. The van der Waals surface area contributed by atoms with Gasteiger partial charge >= 0.3 is 0 Å². The van der Waals surface area contributed by atoms with Gasteiger partial charge in [-0.2, -0.15) is 0 Å². The predicted octanol–water partition coefficient (Wildman–Crippen LogP) is 1.93. The molecule has 2 amide bonds. The molecule has 0 saturated heterocycles. The molecule has 1 aromatic heterocycles. The number of aromatic nitrogens is 1. The molecule has 1 heterocycles. The highest BCUT2D eigenvalue weighted by molar-refractivity contribution is 5.98. The van der Waals surface area contributed by atoms with E-state index >= 15 is 0 Å². The van der Waals surface area contributed by atoms with Crippen LogP contribution in [0.15, 0.2) is 42.6 Å². The maximum absolute atomic E-state index is 12.3. The molecule has 2 aromatic rings. The molecular formula is C18H24N4O2. The van der Waals surface area contributed by atoms with Crippen molar-refractivity contribution in [2.45, 2.75) is 19.9 Å². The number of nitrogens with one attached hydrogen (secondary N) is 2. The lowest BCUT2D eigenvalue weighted by Crippen LogP contribution is -2.38. The van der Waals surface area contributed by atoms with E-state index in [1.54, 1.807) is 0 Å². The van der Waals surface area contributed by atoms with Gasteiger partial charge in [-0.3, -0.25) is 14.5 Å². The lowest BCUT2D eigenvalue weighted by atomic mass is 10.0. The minimum atomic E-state index is -0.584. The summed E-state index contributed by atoms with van der Waals surface area (Å²) >= 11 is 0. The van der Waals surface area contributed by atoms with Crippen molar-refractivity contribution < 1.29 is 9.59 Å². The van der Waals surface area contributed by atoms with Gasteiger partial charge < -0.3 is 16.0 Å². The fourth-order valence-electron chi connectivity index (χ4n) is 2.76. The molecule has 4 N–H and O–H groups in total. The first-order valence-corrected chi connectivity index (χ1v) is 8.12. The second-order valence-corrected chi connectivity index (χ2v) is 5.52. The summed E-state index contributed by atoms with van der Waals surface area (Å²) in [4.78, 5) is 28.4. The highest BCUT2D eigenvalue weighted by Crippen LogP contribution is 2.19. The molecule has 0 fully saturated rings. The Morgan fingerprint density at radius 3 is 2.42 bits per heavy atom. The molecule has 1 aromatic carbocycles. The van der Waals surface area contributed by atoms with Crippen molar-refractivity contribution in [3.8, 4) is 0 Å². The van der Waals surface area contributed by atoms with Crippen LogP contribution < -0.4 is 11.1 Å². The van der Waals surface area contributed by atoms with E-state index < -0.39 is 5.91 Å². The Hall–Kier alpha value is -2.60. The van der Waals surface area contributed by atoms with Gasteiger partial charge in [0, 0.05) is 12.7 Å². The standard InChI is InChI=1S/C18H24N4O2/c1-3-22(4-2)16(13-8-6-5-7-9-13)12-21-18(24)14-10-15(17(19)23)20-11-14/h5-11,16,20H,3-4,12H2,1-2H3,(H2,19,23)(H,21,24). The molecular weight excluding hydrogens is 304 g/mol. The summed E-state index contributed by atoms with van der Waals surface area (Å²) < 4.78 is 0. The topological polar surface area (TPSA) is 91.2 Å². The van der Waals surface area contributed by atoms with Gasteiger partial charge in [-0.1, -0.05) is 44.2 Å². The van der Waals surface area contributed by atoms with Crippen LogP contribution in [0.1, 0.15) is 46.3 Å². The van der Waals surface area contributed by atoms with Crippen LogP contribution in [0.4, 0.5) is 0 Å². The minimum absolute atomic E-state index is 0.0969. The third-order valence-corrected chi connectivity index (χ3v) is 4.10. The van der Waals surface area contributed by atoms with Gasteiger partial charge in [-0.05, 0) is 24.7 Å². The quantitative estimate of drug-likeness (QED) is 0.691. The zero-order valence-electron chi connectivity index (χ0n) is 14.1. The molecule has 1 atom stereocenters. The normalized spacial score (nSPS) is 12.1. The number of benzene rings is 1. The molecule has 1 unspecified atom stereocenters. The molecule has 0 saturated carbocycles. The van der Waals surface area contributed by atoms with E-state index in [1.165, 1.54) is 12.3 Å². The van der Waals surface area contributed by atoms with E-state index in [4.69, 9.17) is 5.73 Å². The Kier molecular flexibility index (Phi) is 6.14. The molecule has 6 nitrogen and oxygen atoms in total. The summed E-state index contributed by atoms with van der Waals surface area (Å²) in [6.45, 7) is 6.48. The van der Waals surface area contributed by atoms with E-state index in [-0.39, 0.29) is 17.6 Å². The first kappa shape index (κ1) is 17.7. The van der Waals surface area contributed by atoms with E-state index in [2.05, 4.69) is 41.2 Å². The van der Waals surface area contributed by atoms with Gasteiger partial charge in [0.05, 0.1) is 11.6 Å². The molecule has 0 aliphatic carbocycles. The SMILES string of the molecule is CCN(CC)C(CNC(=O)c1c[nH]c(C(N)=O)c1)c1ccccc1. The molecule has 0 radical (unpaired) electrons. The first-order chi connectivity index (χ1) is 11.6. The fraction of sp³-hybridized carbons (Fsp3) is 0.333. The van der Waals surface area contributed by atoms with E-state index in [0.29, 0.717) is 12.1 Å². The fourth-order valence-corrected chi connectivity index (χ4v) is 2.76. The number of carbonyl (C=O) groups is 2. The van der Waals surface area contributed by atoms with E-state index in [9.17, 15) is 9.59 Å². The molecule has 6 heteroatoms. The first-order valence-electron chi connectivity index (χ1n) is 8.12. The number of amides is 2. The maximum atomic E-state index is 12.3. The zero-order valence-corrected chi connectivity index (χ0v) is 14.1. The van der Waals surface area contributed by atoms with Crippen molar-refractivity contribution in [3.63, 3.8) is 0 Å². The summed E-state index contributed by atoms with van der Waals surface area (Å²) in [6.07, 6.45) is 1.49. The van der Waals surface area contributed by atoms with Crippen LogP contribution in [-0.4, -0.2) is 41.3 Å². The third kappa shape index (κ3) is 4.23. The zero-order chi connectivity index (χ0) is 17.5. The summed E-state index contributed by atoms with van der Waals surface area (Å²) in [5, 5.41) is 2.95. The number of rotatable bonds is 8. The van der Waals surface area contributed by atoms with Crippen LogP contribution in [0.2, 0.25) is 0 Å². The van der Waals surface area contributed by atoms with Gasteiger partial charge in [-0.15, -0.1) is 0 Å². The predicted molar refractivity (Wildman–Crippen MR) is 93.7 cm³/mol. The van der Waals surface area contributed by atoms with Gasteiger partial charge in [0.15, 0.2) is 0 Å². The Morgan fingerprint density at radius 2 is 1.88 bits per heavy atom. The third-order valence-electron chi connectivity index (χ3n) is 4.10. The minimum Gasteiger partial charge on any atom is -0.364 e. The van der Waals surface area contributed by atoms with Gasteiger partial charge in [0.25, 0.3) is 11.8 Å². The van der Waals surface area contributed by atoms with Crippen molar-refractivity contribution >= 4 is 11.8 Å². The lowest BCUT2D eigenvalue weighted by molar-refractivity contribution is 0.0935. The summed E-state index contributed by atoms with van der Waals surface area (Å²) in [6, 6.07) is 11.7. The molecule has 0 aliphatic rings. The second kappa shape index (κ2) is 8.31. The summed E-state index contributed by atoms with van der Waals surface area (Å²) in [5.41, 5.74) is 6.98. The van der Waals surface area contributed by atoms with Crippen molar-refractivity contribution in [1.29, 1.82) is 0 Å². The number of nitrogens with zero attached hydrogens (tertiary/aromatic N) is 1. The number of H-pyrrole nitrogens is 1. The van der Waals surface area contributed by atoms with Gasteiger partial charge in [-0.25, -0.2) is 0 Å². The number of likely N-dealkylation sites (N-methyl/N-ethyl adjacent to an activating group) is 1. The molecule has 0 spiro atoms. The highest BCUT2D eigenvalue weighted by Gasteiger charge is 2.19. The van der Waals surface area contributed by atoms with Crippen molar-refractivity contribution in [3.05, 3.63) is 59.4 Å². The van der Waals surface area contributed by atoms with Crippen LogP contribution in [0, 0.1) is 0 Å². The van der Waals surface area contributed by atoms with Crippen molar-refractivity contribution in [2.24, 2.45) is 5.73 Å². The van der Waals surface area contributed by atoms with Gasteiger partial charge in [0.1, 0.15) is 5.69 Å². The average molecular weight is 328 g/mol. The van der Waals surface area contributed by atoms with E-state index in [1.807, 2.05) is 18.2 Å². The van der Waals surface area contributed by atoms with Crippen LogP contribution in [-0.2, 0) is 0 Å². The smallest absolute Gasteiger partial charge is 0.265 e. The second-order valence-electron chi connectivity index (χ2n) is 5.52. The Balaban J connectivity index is 2.09. The number of nitrogens with two attached hydrogens (primary N) is 1. The number of hydrogen-bond acceptors (Lipinski definition) is 3. The number of hydrogen-bond donors (Lipinski definition) is 3. The lowest BCUT2D eigenvalue weighted by Gasteiger charge is -2.30. The van der Waals surface area contributed by atoms with E-state index in [0.717, 1.165) is 18.7 Å². The largest absolute Gasteiger partial charge is 0.364 e. The number of aromatic amines is 1. The van der Waals surface area contributed by atoms with Crippen molar-refractivity contribution in [2.75, 3.05) is 19.6 Å². The summed E-state index contributed by atoms with van der Waals surface area (Å²) in [7, 11) is 0. The molecule has 0 aliphatic heterocycles. The van der Waals surface area contributed by atoms with Crippen LogP contribution in [0.5, 0.6) is 0 Å². The molecule has 2 rings (SSSR count). The highest BCUT2D eigenvalue weighted by atomic mass is 16.2. The average Bonchev–Trinajstić information content (AvgIpc) is 3.09. The Morgan fingerprint density at radius 1 is 1.21 bits per heavy atom. The monoisotopic (exact) mass is 328 g/mol. The van der Waals surface area contributed by atoms with Crippen LogP contribution in [0.3, 0.4) is 0 Å². The molecule has 128 valence electrons.